The summed E-state index contributed by atoms with van der Waals surface area (Å²) in [6, 6.07) is 15.1. The van der Waals surface area contributed by atoms with Crippen molar-refractivity contribution in [2.24, 2.45) is 5.10 Å². The zero-order chi connectivity index (χ0) is 27.0. The Hall–Kier alpha value is -4.82. The average Bonchev–Trinajstić information content (AvgIpc) is 3.58. The van der Waals surface area contributed by atoms with E-state index in [0.29, 0.717) is 62.2 Å². The second kappa shape index (κ2) is 12.1. The number of anilines is 1. The van der Waals surface area contributed by atoms with Gasteiger partial charge in [0.1, 0.15) is 12.3 Å². The second-order valence-corrected chi connectivity index (χ2v) is 8.51. The van der Waals surface area contributed by atoms with E-state index in [1.165, 1.54) is 10.9 Å². The Labute approximate surface area is 223 Å². The molecule has 0 atom stereocenters. The zero-order valence-electron chi connectivity index (χ0n) is 21.2. The summed E-state index contributed by atoms with van der Waals surface area (Å²) >= 11 is 0. The molecule has 1 aliphatic heterocycles. The van der Waals surface area contributed by atoms with Crippen LogP contribution >= 0.6 is 0 Å². The molecule has 3 heterocycles. The molecule has 5 rings (SSSR count). The predicted octanol–water partition coefficient (Wildman–Crippen LogP) is 1.42. The molecular formula is C25H27N9O5. The number of rotatable bonds is 10. The lowest BCUT2D eigenvalue weighted by Crippen LogP contribution is -2.36. The van der Waals surface area contributed by atoms with E-state index in [1.54, 1.807) is 25.3 Å². The summed E-state index contributed by atoms with van der Waals surface area (Å²) < 4.78 is 22.8. The summed E-state index contributed by atoms with van der Waals surface area (Å²) in [5, 5.41) is 19.8. The molecule has 1 amide bonds. The number of para-hydroxylation sites is 1. The van der Waals surface area contributed by atoms with Crippen LogP contribution in [0, 0.1) is 0 Å². The smallest absolute Gasteiger partial charge is 0.292 e. The minimum atomic E-state index is -0.573. The molecule has 0 bridgehead atoms. The summed E-state index contributed by atoms with van der Waals surface area (Å²) in [5.41, 5.74) is 10.5. The molecule has 2 aromatic heterocycles. The first-order chi connectivity index (χ1) is 19.1. The molecule has 0 radical (unpaired) electrons. The standard InChI is InChI=1S/C25H27N9O5/c1-36-20-9-5-8-18(22(20)38-16-17-6-3-2-4-7-17)14-27-29-25(35)21-19(15-33-10-12-37-13-11-33)28-32-34(21)24-23(26)30-39-31-24/h2-9,14H,10-13,15-16H2,1H3,(H2,26,30)(H,29,35). The minimum absolute atomic E-state index is 0.0352. The van der Waals surface area contributed by atoms with Gasteiger partial charge in [-0.15, -0.1) is 5.10 Å². The van der Waals surface area contributed by atoms with Gasteiger partial charge < -0.3 is 19.9 Å². The lowest BCUT2D eigenvalue weighted by Gasteiger charge is -2.25. The SMILES string of the molecule is COc1cccc(C=NNC(=O)c2c(CN3CCOCC3)nnn2-c2nonc2N)c1OCc1ccccc1. The minimum Gasteiger partial charge on any atom is -0.493 e. The Morgan fingerprint density at radius 1 is 1.15 bits per heavy atom. The van der Waals surface area contributed by atoms with Crippen molar-refractivity contribution in [1.29, 1.82) is 0 Å². The maximum atomic E-state index is 13.4. The number of nitrogens with one attached hydrogen (secondary N) is 1. The fraction of sp³-hybridized carbons (Fsp3) is 0.280. The Kier molecular flexibility index (Phi) is 8.04. The molecule has 0 aliphatic carbocycles. The third-order valence-electron chi connectivity index (χ3n) is 5.95. The van der Waals surface area contributed by atoms with Crippen LogP contribution in [0.15, 0.2) is 58.3 Å². The molecule has 4 aromatic rings. The Balaban J connectivity index is 1.37. The molecule has 0 saturated carbocycles. The largest absolute Gasteiger partial charge is 0.493 e. The molecular weight excluding hydrogens is 506 g/mol. The van der Waals surface area contributed by atoms with Crippen molar-refractivity contribution in [3.05, 3.63) is 71.0 Å². The first-order valence-electron chi connectivity index (χ1n) is 12.1. The van der Waals surface area contributed by atoms with Crippen LogP contribution < -0.4 is 20.6 Å². The molecule has 39 heavy (non-hydrogen) atoms. The van der Waals surface area contributed by atoms with E-state index in [2.05, 4.69) is 36.1 Å². The zero-order valence-corrected chi connectivity index (χ0v) is 21.2. The van der Waals surface area contributed by atoms with Crippen molar-refractivity contribution < 1.29 is 23.6 Å². The van der Waals surface area contributed by atoms with E-state index in [-0.39, 0.29) is 17.3 Å². The number of methoxy groups -OCH3 is 1. The number of hydrazone groups is 1. The number of hydrogen-bond acceptors (Lipinski definition) is 12. The molecule has 1 saturated heterocycles. The van der Waals surface area contributed by atoms with E-state index in [1.807, 2.05) is 30.3 Å². The number of nitrogens with zero attached hydrogens (tertiary/aromatic N) is 7. The van der Waals surface area contributed by atoms with Crippen LogP contribution in [0.2, 0.25) is 0 Å². The van der Waals surface area contributed by atoms with Crippen LogP contribution in [0.4, 0.5) is 5.82 Å². The van der Waals surface area contributed by atoms with Gasteiger partial charge in [-0.25, -0.2) is 10.1 Å². The molecule has 0 unspecified atom stereocenters. The fourth-order valence-electron chi connectivity index (χ4n) is 4.00. The van der Waals surface area contributed by atoms with E-state index in [0.717, 1.165) is 5.56 Å². The van der Waals surface area contributed by atoms with Gasteiger partial charge in [0, 0.05) is 25.2 Å². The highest BCUT2D eigenvalue weighted by atomic mass is 16.6. The second-order valence-electron chi connectivity index (χ2n) is 8.51. The number of morpholine rings is 1. The fourth-order valence-corrected chi connectivity index (χ4v) is 4.00. The van der Waals surface area contributed by atoms with Crippen molar-refractivity contribution in [3.8, 4) is 17.3 Å². The highest BCUT2D eigenvalue weighted by Gasteiger charge is 2.26. The van der Waals surface area contributed by atoms with Gasteiger partial charge in [0.25, 0.3) is 5.91 Å². The summed E-state index contributed by atoms with van der Waals surface area (Å²) in [5.74, 6) is 0.464. The predicted molar refractivity (Wildman–Crippen MR) is 139 cm³/mol. The Morgan fingerprint density at radius 3 is 2.72 bits per heavy atom. The number of carbonyl (C=O) groups excluding carboxylic acids is 1. The molecule has 14 nitrogen and oxygen atoms in total. The first kappa shape index (κ1) is 25.8. The highest BCUT2D eigenvalue weighted by molar-refractivity contribution is 5.95. The van der Waals surface area contributed by atoms with Gasteiger partial charge in [-0.2, -0.15) is 9.78 Å². The molecule has 1 fully saturated rings. The first-order valence-corrected chi connectivity index (χ1v) is 12.1. The van der Waals surface area contributed by atoms with Crippen molar-refractivity contribution in [1.82, 2.24) is 35.6 Å². The van der Waals surface area contributed by atoms with Gasteiger partial charge >= 0.3 is 0 Å². The number of aromatic nitrogens is 5. The maximum absolute atomic E-state index is 13.4. The number of hydrogen-bond donors (Lipinski definition) is 2. The number of ether oxygens (including phenoxy) is 3. The summed E-state index contributed by atoms with van der Waals surface area (Å²) in [6.07, 6.45) is 1.47. The van der Waals surface area contributed by atoms with Crippen molar-refractivity contribution in [2.45, 2.75) is 13.2 Å². The van der Waals surface area contributed by atoms with Crippen LogP contribution in [0.3, 0.4) is 0 Å². The van der Waals surface area contributed by atoms with Gasteiger partial charge in [-0.3, -0.25) is 9.69 Å². The monoisotopic (exact) mass is 533 g/mol. The van der Waals surface area contributed by atoms with E-state index < -0.39 is 5.91 Å². The van der Waals surface area contributed by atoms with Crippen LogP contribution in [-0.4, -0.2) is 75.7 Å². The van der Waals surface area contributed by atoms with Crippen molar-refractivity contribution in [2.75, 3.05) is 39.1 Å². The highest BCUT2D eigenvalue weighted by Crippen LogP contribution is 2.31. The summed E-state index contributed by atoms with van der Waals surface area (Å²) in [7, 11) is 1.56. The number of nitrogen functional groups attached to an aromatic ring is 1. The van der Waals surface area contributed by atoms with Crippen LogP contribution in [0.5, 0.6) is 11.5 Å². The number of benzene rings is 2. The maximum Gasteiger partial charge on any atom is 0.292 e. The number of carbonyl (C=O) groups is 1. The van der Waals surface area contributed by atoms with Gasteiger partial charge in [0.15, 0.2) is 17.2 Å². The van der Waals surface area contributed by atoms with Crippen LogP contribution in [0.1, 0.15) is 27.3 Å². The number of amides is 1. The Bertz CT molecular complexity index is 1430. The topological polar surface area (TPSA) is 168 Å². The molecule has 2 aromatic carbocycles. The van der Waals surface area contributed by atoms with Gasteiger partial charge in [-0.05, 0) is 28.0 Å². The summed E-state index contributed by atoms with van der Waals surface area (Å²) in [4.78, 5) is 15.5. The van der Waals surface area contributed by atoms with E-state index >= 15 is 0 Å². The summed E-state index contributed by atoms with van der Waals surface area (Å²) in [6.45, 7) is 3.28. The van der Waals surface area contributed by atoms with Crippen molar-refractivity contribution >= 4 is 17.9 Å². The molecule has 14 heteroatoms. The molecule has 1 aliphatic rings. The van der Waals surface area contributed by atoms with E-state index in [4.69, 9.17) is 24.6 Å². The van der Waals surface area contributed by atoms with Gasteiger partial charge in [0.2, 0.25) is 11.6 Å². The van der Waals surface area contributed by atoms with Gasteiger partial charge in [-0.1, -0.05) is 41.6 Å². The molecule has 0 spiro atoms. The molecule has 202 valence electrons. The third kappa shape index (κ3) is 6.02. The lowest BCUT2D eigenvalue weighted by molar-refractivity contribution is 0.0335. The van der Waals surface area contributed by atoms with Crippen LogP contribution in [0.25, 0.3) is 5.82 Å². The quantitative estimate of drug-likeness (QED) is 0.223. The molecule has 3 N–H and O–H groups in total. The normalized spacial score (nSPS) is 14.0. The van der Waals surface area contributed by atoms with E-state index in [9.17, 15) is 4.79 Å². The number of nitrogens with two attached hydrogens (primary N) is 1. The van der Waals surface area contributed by atoms with Crippen molar-refractivity contribution in [3.63, 3.8) is 0 Å². The third-order valence-corrected chi connectivity index (χ3v) is 5.95. The Morgan fingerprint density at radius 2 is 1.97 bits per heavy atom. The van der Waals surface area contributed by atoms with Gasteiger partial charge in [0.05, 0.1) is 26.5 Å². The van der Waals surface area contributed by atoms with Crippen LogP contribution in [-0.2, 0) is 17.9 Å². The lowest BCUT2D eigenvalue weighted by atomic mass is 10.2. The average molecular weight is 534 g/mol.